The number of halogens is 2. The number of fused-ring (bicyclic) bond motifs is 1. The van der Waals surface area contributed by atoms with Gasteiger partial charge in [0.05, 0.1) is 0 Å². The maximum atomic E-state index is 14.2. The molecule has 1 saturated heterocycles. The van der Waals surface area contributed by atoms with Gasteiger partial charge in [-0.15, -0.1) is 0 Å². The first-order valence-electron chi connectivity index (χ1n) is 10.7. The summed E-state index contributed by atoms with van der Waals surface area (Å²) in [6.45, 7) is 3.85. The van der Waals surface area contributed by atoms with Crippen LogP contribution in [0.4, 0.5) is 8.78 Å². The Morgan fingerprint density at radius 3 is 2.29 bits per heavy atom. The molecule has 0 aromatic heterocycles. The summed E-state index contributed by atoms with van der Waals surface area (Å²) in [7, 11) is 0. The first kappa shape index (κ1) is 20.0. The fraction of sp³-hybridized carbons (Fsp3) is 0.269. The summed E-state index contributed by atoms with van der Waals surface area (Å²) >= 11 is 0. The predicted octanol–water partition coefficient (Wildman–Crippen LogP) is 4.42. The van der Waals surface area contributed by atoms with Crippen LogP contribution in [-0.2, 0) is 18.5 Å². The van der Waals surface area contributed by atoms with Gasteiger partial charge < -0.3 is 0 Å². The van der Waals surface area contributed by atoms with Crippen LogP contribution in [0.15, 0.2) is 72.8 Å². The minimum atomic E-state index is -0.989. The van der Waals surface area contributed by atoms with Gasteiger partial charge in [-0.3, -0.25) is 14.6 Å². The van der Waals surface area contributed by atoms with E-state index in [0.717, 1.165) is 19.6 Å². The van der Waals surface area contributed by atoms with E-state index in [1.54, 1.807) is 12.1 Å². The second kappa shape index (κ2) is 7.98. The Kier molecular flexibility index (Phi) is 5.16. The summed E-state index contributed by atoms with van der Waals surface area (Å²) in [5, 5.41) is 0. The normalized spacial score (nSPS) is 21.9. The van der Waals surface area contributed by atoms with E-state index in [1.807, 2.05) is 24.3 Å². The lowest BCUT2D eigenvalue weighted by molar-refractivity contribution is 0.0287. The number of nitrogens with zero attached hydrogens (tertiary/aromatic N) is 2. The van der Waals surface area contributed by atoms with Crippen molar-refractivity contribution >= 4 is 5.78 Å². The number of carbonyl (C=O) groups is 1. The van der Waals surface area contributed by atoms with Gasteiger partial charge in [0, 0.05) is 44.7 Å². The molecule has 3 nitrogen and oxygen atoms in total. The highest BCUT2D eigenvalue weighted by Crippen LogP contribution is 2.43. The zero-order valence-electron chi connectivity index (χ0n) is 17.2. The molecule has 0 amide bonds. The highest BCUT2D eigenvalue weighted by Gasteiger charge is 2.51. The predicted molar refractivity (Wildman–Crippen MR) is 116 cm³/mol. The molecule has 0 spiro atoms. The van der Waals surface area contributed by atoms with Gasteiger partial charge >= 0.3 is 0 Å². The number of hydrogen-bond donors (Lipinski definition) is 0. The van der Waals surface area contributed by atoms with Gasteiger partial charge in [-0.1, -0.05) is 42.5 Å². The maximum absolute atomic E-state index is 14.2. The molecule has 158 valence electrons. The van der Waals surface area contributed by atoms with Crippen molar-refractivity contribution in [2.75, 3.05) is 26.2 Å². The number of carbonyl (C=O) groups excluding carboxylic acids is 1. The Labute approximate surface area is 180 Å². The van der Waals surface area contributed by atoms with E-state index in [1.165, 1.54) is 29.8 Å². The van der Waals surface area contributed by atoms with Crippen LogP contribution >= 0.6 is 0 Å². The minimum absolute atomic E-state index is 0.0652. The topological polar surface area (TPSA) is 23.6 Å². The summed E-state index contributed by atoms with van der Waals surface area (Å²) in [6, 6.07) is 21.0. The van der Waals surface area contributed by atoms with Crippen molar-refractivity contribution in [1.29, 1.82) is 0 Å². The van der Waals surface area contributed by atoms with Gasteiger partial charge in [0.1, 0.15) is 17.2 Å². The molecule has 1 heterocycles. The van der Waals surface area contributed by atoms with Crippen molar-refractivity contribution < 1.29 is 13.6 Å². The third-order valence-corrected chi connectivity index (χ3v) is 6.60. The van der Waals surface area contributed by atoms with Gasteiger partial charge in [0.15, 0.2) is 5.78 Å². The molecule has 3 aromatic carbocycles. The number of rotatable bonds is 4. The van der Waals surface area contributed by atoms with E-state index >= 15 is 0 Å². The third kappa shape index (κ3) is 3.58. The van der Waals surface area contributed by atoms with Gasteiger partial charge in [-0.2, -0.15) is 0 Å². The highest BCUT2D eigenvalue weighted by atomic mass is 19.1. The number of piperazine rings is 1. The average Bonchev–Trinajstić information content (AvgIpc) is 3.07. The zero-order chi connectivity index (χ0) is 21.4. The molecule has 0 bridgehead atoms. The van der Waals surface area contributed by atoms with Crippen LogP contribution in [0.3, 0.4) is 0 Å². The van der Waals surface area contributed by atoms with E-state index in [9.17, 15) is 13.6 Å². The molecule has 0 N–H and O–H groups in total. The molecule has 0 saturated carbocycles. The van der Waals surface area contributed by atoms with E-state index in [2.05, 4.69) is 21.9 Å². The molecule has 1 aliphatic heterocycles. The summed E-state index contributed by atoms with van der Waals surface area (Å²) < 4.78 is 28.1. The van der Waals surface area contributed by atoms with Gasteiger partial charge in [-0.25, -0.2) is 8.78 Å². The monoisotopic (exact) mass is 418 g/mol. The molecule has 5 heteroatoms. The van der Waals surface area contributed by atoms with Gasteiger partial charge in [0.2, 0.25) is 0 Å². The van der Waals surface area contributed by atoms with E-state index in [4.69, 9.17) is 0 Å². The van der Waals surface area contributed by atoms with Gasteiger partial charge in [-0.05, 0) is 47.0 Å². The zero-order valence-corrected chi connectivity index (χ0v) is 17.2. The van der Waals surface area contributed by atoms with Crippen LogP contribution in [-0.4, -0.2) is 41.8 Å². The summed E-state index contributed by atoms with van der Waals surface area (Å²) in [5.74, 6) is -0.784. The lowest BCUT2D eigenvalue weighted by Gasteiger charge is -2.45. The largest absolute Gasteiger partial charge is 0.297 e. The smallest absolute Gasteiger partial charge is 0.188 e. The first-order valence-corrected chi connectivity index (χ1v) is 10.7. The molecule has 1 atom stereocenters. The quantitative estimate of drug-likeness (QED) is 0.627. The Hall–Kier alpha value is -2.89. The molecule has 1 unspecified atom stereocenters. The minimum Gasteiger partial charge on any atom is -0.297 e. The Morgan fingerprint density at radius 2 is 1.55 bits per heavy atom. The van der Waals surface area contributed by atoms with Crippen molar-refractivity contribution in [3.05, 3.63) is 107 Å². The number of ketones is 1. The Morgan fingerprint density at radius 1 is 0.806 bits per heavy atom. The molecule has 3 aromatic rings. The standard InChI is InChI=1S/C26H24F2N2O/c27-22-8-4-7-21(16-22)26(17-20-15-23(28)9-10-24(20)25(26)31)30-13-11-29(12-14-30)18-19-5-2-1-3-6-19/h1-10,15-16H,11-14,17-18H2. The van der Waals surface area contributed by atoms with Crippen LogP contribution in [0.5, 0.6) is 0 Å². The molecular weight excluding hydrogens is 394 g/mol. The van der Waals surface area contributed by atoms with Crippen molar-refractivity contribution in [3.63, 3.8) is 0 Å². The van der Waals surface area contributed by atoms with Crippen LogP contribution < -0.4 is 0 Å². The summed E-state index contributed by atoms with van der Waals surface area (Å²) in [4.78, 5) is 18.3. The van der Waals surface area contributed by atoms with Crippen LogP contribution in [0.1, 0.15) is 27.0 Å². The first-order chi connectivity index (χ1) is 15.1. The molecule has 2 aliphatic rings. The van der Waals surface area contributed by atoms with Crippen molar-refractivity contribution in [2.24, 2.45) is 0 Å². The van der Waals surface area contributed by atoms with E-state index < -0.39 is 5.54 Å². The second-order valence-corrected chi connectivity index (χ2v) is 8.43. The van der Waals surface area contributed by atoms with E-state index in [-0.39, 0.29) is 17.4 Å². The van der Waals surface area contributed by atoms with Crippen LogP contribution in [0.2, 0.25) is 0 Å². The molecule has 0 radical (unpaired) electrons. The molecular formula is C26H24F2N2O. The summed E-state index contributed by atoms with van der Waals surface area (Å²) in [5.41, 5.74) is 2.15. The third-order valence-electron chi connectivity index (χ3n) is 6.60. The molecule has 31 heavy (non-hydrogen) atoms. The molecule has 1 fully saturated rings. The van der Waals surface area contributed by atoms with Crippen molar-refractivity contribution in [1.82, 2.24) is 9.80 Å². The van der Waals surface area contributed by atoms with Crippen LogP contribution in [0.25, 0.3) is 0 Å². The fourth-order valence-corrected chi connectivity index (χ4v) is 5.05. The highest BCUT2D eigenvalue weighted by molar-refractivity contribution is 6.08. The van der Waals surface area contributed by atoms with E-state index in [0.29, 0.717) is 36.2 Å². The average molecular weight is 418 g/mol. The number of Topliss-reactive ketones (excluding diaryl/α,β-unsaturated/α-hetero) is 1. The number of hydrogen-bond acceptors (Lipinski definition) is 3. The summed E-state index contributed by atoms with van der Waals surface area (Å²) in [6.07, 6.45) is 0.362. The van der Waals surface area contributed by atoms with Crippen molar-refractivity contribution in [2.45, 2.75) is 18.5 Å². The molecule has 1 aliphatic carbocycles. The fourth-order valence-electron chi connectivity index (χ4n) is 5.05. The van der Waals surface area contributed by atoms with Crippen LogP contribution in [0, 0.1) is 11.6 Å². The Balaban J connectivity index is 1.45. The van der Waals surface area contributed by atoms with Gasteiger partial charge in [0.25, 0.3) is 0 Å². The SMILES string of the molecule is O=C1c2ccc(F)cc2CC1(c1cccc(F)c1)N1CCN(Cc2ccccc2)CC1. The Bertz CT molecular complexity index is 1110. The number of benzene rings is 3. The lowest BCUT2D eigenvalue weighted by Crippen LogP contribution is -2.58. The lowest BCUT2D eigenvalue weighted by atomic mass is 9.83. The second-order valence-electron chi connectivity index (χ2n) is 8.43. The van der Waals surface area contributed by atoms with Crippen molar-refractivity contribution in [3.8, 4) is 0 Å². The molecule has 5 rings (SSSR count). The maximum Gasteiger partial charge on any atom is 0.188 e.